The molecular formula is C20H20N6O4S. The first-order chi connectivity index (χ1) is 14.8. The molecule has 0 aliphatic rings. The molecule has 4 aromatic rings. The molecule has 4 rings (SSSR count). The van der Waals surface area contributed by atoms with E-state index in [4.69, 9.17) is 4.74 Å². The molecule has 1 N–H and O–H groups in total. The van der Waals surface area contributed by atoms with Crippen molar-refractivity contribution in [1.29, 1.82) is 0 Å². The number of amides is 1. The van der Waals surface area contributed by atoms with Gasteiger partial charge in [-0.3, -0.25) is 18.7 Å². The van der Waals surface area contributed by atoms with Crippen LogP contribution in [-0.4, -0.2) is 36.7 Å². The molecule has 160 valence electrons. The van der Waals surface area contributed by atoms with Crippen molar-refractivity contribution in [2.24, 2.45) is 14.1 Å². The van der Waals surface area contributed by atoms with E-state index in [-0.39, 0.29) is 23.6 Å². The summed E-state index contributed by atoms with van der Waals surface area (Å²) in [5.41, 5.74) is 1.13. The van der Waals surface area contributed by atoms with Crippen molar-refractivity contribution in [2.75, 3.05) is 12.4 Å². The molecule has 3 aromatic heterocycles. The van der Waals surface area contributed by atoms with Gasteiger partial charge in [-0.25, -0.2) is 14.8 Å². The number of rotatable bonds is 5. The predicted octanol–water partition coefficient (Wildman–Crippen LogP) is 1.51. The quantitative estimate of drug-likeness (QED) is 0.503. The van der Waals surface area contributed by atoms with E-state index in [2.05, 4.69) is 15.3 Å². The van der Waals surface area contributed by atoms with Gasteiger partial charge in [-0.05, 0) is 31.2 Å². The molecule has 0 aliphatic carbocycles. The zero-order valence-corrected chi connectivity index (χ0v) is 18.2. The van der Waals surface area contributed by atoms with E-state index in [1.54, 1.807) is 7.11 Å². The van der Waals surface area contributed by atoms with Gasteiger partial charge >= 0.3 is 5.69 Å². The van der Waals surface area contributed by atoms with Crippen LogP contribution in [0, 0.1) is 6.92 Å². The zero-order chi connectivity index (χ0) is 22.3. The molecule has 0 aliphatic heterocycles. The van der Waals surface area contributed by atoms with Gasteiger partial charge in [0.25, 0.3) is 5.56 Å². The summed E-state index contributed by atoms with van der Waals surface area (Å²) in [5.74, 6) is 0.395. The molecule has 3 heterocycles. The standard InChI is InChI=1S/C20H20N6O4S/c1-11-15(12-5-7-13(30-4)8-6-12)23-19(31-11)22-14(27)9-26-10-21-17-16(26)18(28)25(3)20(29)24(17)2/h5-8,10H,9H2,1-4H3,(H,22,23,27). The van der Waals surface area contributed by atoms with Crippen molar-refractivity contribution >= 4 is 33.5 Å². The Morgan fingerprint density at radius 1 is 1.16 bits per heavy atom. The van der Waals surface area contributed by atoms with Crippen molar-refractivity contribution in [3.63, 3.8) is 0 Å². The van der Waals surface area contributed by atoms with Crippen molar-refractivity contribution in [2.45, 2.75) is 13.5 Å². The van der Waals surface area contributed by atoms with Crippen molar-refractivity contribution < 1.29 is 9.53 Å². The van der Waals surface area contributed by atoms with Crippen LogP contribution in [-0.2, 0) is 25.4 Å². The molecule has 0 atom stereocenters. The van der Waals surface area contributed by atoms with E-state index < -0.39 is 11.2 Å². The smallest absolute Gasteiger partial charge is 0.332 e. The highest BCUT2D eigenvalue weighted by Crippen LogP contribution is 2.31. The van der Waals surface area contributed by atoms with Crippen LogP contribution in [0.4, 0.5) is 5.13 Å². The molecule has 0 saturated carbocycles. The monoisotopic (exact) mass is 440 g/mol. The maximum absolute atomic E-state index is 12.6. The van der Waals surface area contributed by atoms with Crippen molar-refractivity contribution in [1.82, 2.24) is 23.7 Å². The number of carbonyl (C=O) groups is 1. The Labute approximate surface area is 180 Å². The van der Waals surface area contributed by atoms with Crippen LogP contribution in [0.1, 0.15) is 4.88 Å². The first kappa shape index (κ1) is 20.5. The summed E-state index contributed by atoms with van der Waals surface area (Å²) in [4.78, 5) is 46.8. The largest absolute Gasteiger partial charge is 0.497 e. The summed E-state index contributed by atoms with van der Waals surface area (Å²) in [7, 11) is 4.52. The van der Waals surface area contributed by atoms with Crippen LogP contribution in [0.2, 0.25) is 0 Å². The number of anilines is 1. The maximum atomic E-state index is 12.6. The third-order valence-electron chi connectivity index (χ3n) is 4.94. The molecule has 11 heteroatoms. The number of aromatic nitrogens is 5. The Hall–Kier alpha value is -3.73. The van der Waals surface area contributed by atoms with Crippen LogP contribution >= 0.6 is 11.3 Å². The molecule has 0 saturated heterocycles. The second kappa shape index (κ2) is 7.84. The normalized spacial score (nSPS) is 11.1. The highest BCUT2D eigenvalue weighted by molar-refractivity contribution is 7.16. The Balaban J connectivity index is 1.57. The fraction of sp³-hybridized carbons (Fsp3) is 0.250. The molecule has 1 amide bonds. The summed E-state index contributed by atoms with van der Waals surface area (Å²) >= 11 is 1.36. The third kappa shape index (κ3) is 3.63. The van der Waals surface area contributed by atoms with Gasteiger partial charge in [0, 0.05) is 24.5 Å². The van der Waals surface area contributed by atoms with Crippen LogP contribution in [0.15, 0.2) is 40.2 Å². The average Bonchev–Trinajstić information content (AvgIpc) is 3.34. The molecule has 1 aromatic carbocycles. The summed E-state index contributed by atoms with van der Waals surface area (Å²) in [6, 6.07) is 7.52. The SMILES string of the molecule is COc1ccc(-c2nc(NC(=O)Cn3cnc4c3c(=O)n(C)c(=O)n4C)sc2C)cc1. The molecule has 0 fully saturated rings. The average molecular weight is 440 g/mol. The van der Waals surface area contributed by atoms with Gasteiger partial charge in [0.15, 0.2) is 16.3 Å². The van der Waals surface area contributed by atoms with Gasteiger partial charge in [-0.15, -0.1) is 11.3 Å². The van der Waals surface area contributed by atoms with Gasteiger partial charge in [-0.2, -0.15) is 0 Å². The third-order valence-corrected chi connectivity index (χ3v) is 5.82. The molecule has 0 radical (unpaired) electrons. The number of methoxy groups -OCH3 is 1. The first-order valence-corrected chi connectivity index (χ1v) is 10.1. The lowest BCUT2D eigenvalue weighted by atomic mass is 10.1. The second-order valence-corrected chi connectivity index (χ2v) is 8.15. The molecule has 10 nitrogen and oxygen atoms in total. The number of aryl methyl sites for hydroxylation is 2. The predicted molar refractivity (Wildman–Crippen MR) is 118 cm³/mol. The second-order valence-electron chi connectivity index (χ2n) is 6.95. The van der Waals surface area contributed by atoms with Crippen LogP contribution < -0.4 is 21.3 Å². The lowest BCUT2D eigenvalue weighted by Crippen LogP contribution is -2.37. The van der Waals surface area contributed by atoms with E-state index in [1.807, 2.05) is 31.2 Å². The minimum absolute atomic E-state index is 0.138. The number of ether oxygens (including phenoxy) is 1. The fourth-order valence-corrected chi connectivity index (χ4v) is 4.15. The number of carbonyl (C=O) groups excluding carboxylic acids is 1. The summed E-state index contributed by atoms with van der Waals surface area (Å²) in [5, 5.41) is 3.23. The molecule has 0 unspecified atom stereocenters. The summed E-state index contributed by atoms with van der Waals surface area (Å²) in [6.07, 6.45) is 1.38. The fourth-order valence-electron chi connectivity index (χ4n) is 3.30. The highest BCUT2D eigenvalue weighted by atomic mass is 32.1. The number of hydrogen-bond donors (Lipinski definition) is 1. The summed E-state index contributed by atoms with van der Waals surface area (Å²) < 4.78 is 8.87. The van der Waals surface area contributed by atoms with Gasteiger partial charge < -0.3 is 14.6 Å². The number of benzene rings is 1. The molecule has 0 bridgehead atoms. The summed E-state index contributed by atoms with van der Waals surface area (Å²) in [6.45, 7) is 1.79. The number of fused-ring (bicyclic) bond motifs is 1. The van der Waals surface area contributed by atoms with Crippen LogP contribution in [0.5, 0.6) is 5.75 Å². The Morgan fingerprint density at radius 2 is 1.87 bits per heavy atom. The number of nitrogens with one attached hydrogen (secondary N) is 1. The van der Waals surface area contributed by atoms with Crippen LogP contribution in [0.25, 0.3) is 22.4 Å². The van der Waals surface area contributed by atoms with Gasteiger partial charge in [0.2, 0.25) is 5.91 Å². The van der Waals surface area contributed by atoms with Crippen molar-refractivity contribution in [3.8, 4) is 17.0 Å². The first-order valence-electron chi connectivity index (χ1n) is 9.32. The van der Waals surface area contributed by atoms with E-state index in [1.165, 1.54) is 40.9 Å². The van der Waals surface area contributed by atoms with Gasteiger partial charge in [0.05, 0.1) is 19.1 Å². The number of hydrogen-bond acceptors (Lipinski definition) is 7. The van der Waals surface area contributed by atoms with E-state index >= 15 is 0 Å². The molecule has 0 spiro atoms. The van der Waals surface area contributed by atoms with Crippen molar-refractivity contribution in [3.05, 3.63) is 56.3 Å². The topological polar surface area (TPSA) is 113 Å². The van der Waals surface area contributed by atoms with Crippen LogP contribution in [0.3, 0.4) is 0 Å². The Bertz CT molecular complexity index is 1410. The number of imidazole rings is 1. The van der Waals surface area contributed by atoms with E-state index in [9.17, 15) is 14.4 Å². The minimum Gasteiger partial charge on any atom is -0.497 e. The maximum Gasteiger partial charge on any atom is 0.332 e. The lowest BCUT2D eigenvalue weighted by Gasteiger charge is -2.06. The van der Waals surface area contributed by atoms with Gasteiger partial charge in [0.1, 0.15) is 12.3 Å². The Kier molecular flexibility index (Phi) is 5.19. The molecular weight excluding hydrogens is 420 g/mol. The molecule has 31 heavy (non-hydrogen) atoms. The Morgan fingerprint density at radius 3 is 2.55 bits per heavy atom. The highest BCUT2D eigenvalue weighted by Gasteiger charge is 2.17. The van der Waals surface area contributed by atoms with Gasteiger partial charge in [-0.1, -0.05) is 0 Å². The number of thiazole rings is 1. The van der Waals surface area contributed by atoms with E-state index in [0.29, 0.717) is 5.13 Å². The lowest BCUT2D eigenvalue weighted by molar-refractivity contribution is -0.116. The zero-order valence-electron chi connectivity index (χ0n) is 17.4. The number of nitrogens with zero attached hydrogens (tertiary/aromatic N) is 5. The minimum atomic E-state index is -0.504. The van der Waals surface area contributed by atoms with E-state index in [0.717, 1.165) is 26.5 Å².